The number of phenolic OH excluding ortho intramolecular Hbond substituents is 1. The Balaban J connectivity index is 1.86. The maximum Gasteiger partial charge on any atom is 0.277 e. The second kappa shape index (κ2) is 7.79. The SMILES string of the molecule is Cc1ccccc1OCC(=O)N/N=C\c1cc(I)ccc1O. The molecule has 2 aromatic rings. The second-order valence-electron chi connectivity index (χ2n) is 4.55. The van der Waals surface area contributed by atoms with Crippen LogP contribution in [0.3, 0.4) is 0 Å². The summed E-state index contributed by atoms with van der Waals surface area (Å²) in [4.78, 5) is 11.7. The molecule has 0 spiro atoms. The first-order valence-electron chi connectivity index (χ1n) is 6.55. The van der Waals surface area contributed by atoms with Gasteiger partial charge in [0.15, 0.2) is 6.61 Å². The van der Waals surface area contributed by atoms with Crippen molar-refractivity contribution >= 4 is 34.7 Å². The zero-order valence-corrected chi connectivity index (χ0v) is 14.1. The topological polar surface area (TPSA) is 70.9 Å². The van der Waals surface area contributed by atoms with Gasteiger partial charge in [-0.2, -0.15) is 5.10 Å². The van der Waals surface area contributed by atoms with Gasteiger partial charge in [-0.15, -0.1) is 0 Å². The summed E-state index contributed by atoms with van der Waals surface area (Å²) in [6.07, 6.45) is 1.39. The summed E-state index contributed by atoms with van der Waals surface area (Å²) in [7, 11) is 0. The molecule has 22 heavy (non-hydrogen) atoms. The molecule has 0 aromatic heterocycles. The smallest absolute Gasteiger partial charge is 0.277 e. The third-order valence-electron chi connectivity index (χ3n) is 2.83. The van der Waals surface area contributed by atoms with Crippen LogP contribution in [0, 0.1) is 10.5 Å². The molecule has 0 aliphatic rings. The molecule has 0 heterocycles. The van der Waals surface area contributed by atoms with Crippen molar-refractivity contribution in [2.45, 2.75) is 6.92 Å². The van der Waals surface area contributed by atoms with Gasteiger partial charge in [-0.25, -0.2) is 5.43 Å². The number of hydrogen-bond acceptors (Lipinski definition) is 4. The van der Waals surface area contributed by atoms with Gasteiger partial charge in [-0.05, 0) is 59.3 Å². The number of para-hydroxylation sites is 1. The van der Waals surface area contributed by atoms with Crippen LogP contribution < -0.4 is 10.2 Å². The zero-order valence-electron chi connectivity index (χ0n) is 11.9. The number of benzene rings is 2. The first kappa shape index (κ1) is 16.3. The van der Waals surface area contributed by atoms with Gasteiger partial charge in [0.1, 0.15) is 11.5 Å². The maximum atomic E-state index is 11.7. The number of rotatable bonds is 5. The average Bonchev–Trinajstić information content (AvgIpc) is 2.50. The number of nitrogens with one attached hydrogen (secondary N) is 1. The van der Waals surface area contributed by atoms with Gasteiger partial charge in [-0.3, -0.25) is 4.79 Å². The summed E-state index contributed by atoms with van der Waals surface area (Å²) >= 11 is 2.13. The quantitative estimate of drug-likeness (QED) is 0.453. The minimum absolute atomic E-state index is 0.106. The molecule has 0 radical (unpaired) electrons. The van der Waals surface area contributed by atoms with E-state index in [2.05, 4.69) is 33.1 Å². The van der Waals surface area contributed by atoms with Crippen molar-refractivity contribution in [1.82, 2.24) is 5.43 Å². The Morgan fingerprint density at radius 1 is 1.36 bits per heavy atom. The molecule has 0 saturated carbocycles. The number of nitrogens with zero attached hydrogens (tertiary/aromatic N) is 1. The summed E-state index contributed by atoms with van der Waals surface area (Å²) in [5.41, 5.74) is 3.85. The Labute approximate surface area is 142 Å². The van der Waals surface area contributed by atoms with E-state index in [1.807, 2.05) is 25.1 Å². The third-order valence-corrected chi connectivity index (χ3v) is 3.51. The van der Waals surface area contributed by atoms with E-state index < -0.39 is 0 Å². The van der Waals surface area contributed by atoms with Crippen LogP contribution in [0.5, 0.6) is 11.5 Å². The largest absolute Gasteiger partial charge is 0.507 e. The monoisotopic (exact) mass is 410 g/mol. The molecule has 0 aliphatic carbocycles. The van der Waals surface area contributed by atoms with E-state index in [1.165, 1.54) is 6.21 Å². The van der Waals surface area contributed by atoms with Crippen molar-refractivity contribution in [2.24, 2.45) is 5.10 Å². The Bertz CT molecular complexity index is 702. The Hall–Kier alpha value is -2.09. The highest BCUT2D eigenvalue weighted by Gasteiger charge is 2.03. The lowest BCUT2D eigenvalue weighted by Gasteiger charge is -2.07. The summed E-state index contributed by atoms with van der Waals surface area (Å²) in [5, 5.41) is 13.5. The average molecular weight is 410 g/mol. The number of hydrogen-bond donors (Lipinski definition) is 2. The van der Waals surface area contributed by atoms with E-state index in [1.54, 1.807) is 24.3 Å². The molecule has 0 unspecified atom stereocenters. The number of aryl methyl sites for hydroxylation is 1. The molecular formula is C16H15IN2O3. The van der Waals surface area contributed by atoms with E-state index in [0.717, 1.165) is 9.13 Å². The molecule has 2 N–H and O–H groups in total. The van der Waals surface area contributed by atoms with Crippen molar-refractivity contribution in [3.63, 3.8) is 0 Å². The minimum atomic E-state index is -0.371. The van der Waals surface area contributed by atoms with E-state index in [0.29, 0.717) is 11.3 Å². The predicted molar refractivity (Wildman–Crippen MR) is 93.2 cm³/mol. The number of halogens is 1. The molecule has 0 saturated heterocycles. The number of hydrazone groups is 1. The lowest BCUT2D eigenvalue weighted by molar-refractivity contribution is -0.123. The Morgan fingerprint density at radius 3 is 2.91 bits per heavy atom. The van der Waals surface area contributed by atoms with Crippen LogP contribution in [-0.2, 0) is 4.79 Å². The molecule has 0 atom stereocenters. The first-order chi connectivity index (χ1) is 10.6. The molecule has 1 amide bonds. The minimum Gasteiger partial charge on any atom is -0.507 e. The van der Waals surface area contributed by atoms with Crippen LogP contribution in [0.2, 0.25) is 0 Å². The van der Waals surface area contributed by atoms with Crippen LogP contribution in [0.15, 0.2) is 47.6 Å². The molecular weight excluding hydrogens is 395 g/mol. The normalized spacial score (nSPS) is 10.6. The van der Waals surface area contributed by atoms with Crippen LogP contribution in [0.25, 0.3) is 0 Å². The molecule has 5 nitrogen and oxygen atoms in total. The van der Waals surface area contributed by atoms with Crippen molar-refractivity contribution in [3.05, 3.63) is 57.2 Å². The number of ether oxygens (including phenoxy) is 1. The van der Waals surface area contributed by atoms with Crippen LogP contribution >= 0.6 is 22.6 Å². The van der Waals surface area contributed by atoms with Gasteiger partial charge in [0, 0.05) is 9.13 Å². The van der Waals surface area contributed by atoms with E-state index in [-0.39, 0.29) is 18.3 Å². The number of amides is 1. The van der Waals surface area contributed by atoms with E-state index in [9.17, 15) is 9.90 Å². The van der Waals surface area contributed by atoms with E-state index in [4.69, 9.17) is 4.74 Å². The van der Waals surface area contributed by atoms with E-state index >= 15 is 0 Å². The number of aromatic hydroxyl groups is 1. The van der Waals surface area contributed by atoms with Crippen molar-refractivity contribution in [1.29, 1.82) is 0 Å². The maximum absolute atomic E-state index is 11.7. The number of carbonyl (C=O) groups is 1. The molecule has 0 aliphatic heterocycles. The van der Waals surface area contributed by atoms with Gasteiger partial charge in [0.2, 0.25) is 0 Å². The fourth-order valence-corrected chi connectivity index (χ4v) is 2.21. The molecule has 114 valence electrons. The highest BCUT2D eigenvalue weighted by Crippen LogP contribution is 2.17. The van der Waals surface area contributed by atoms with Gasteiger partial charge < -0.3 is 9.84 Å². The summed E-state index contributed by atoms with van der Waals surface area (Å²) in [5.74, 6) is 0.399. The summed E-state index contributed by atoms with van der Waals surface area (Å²) in [6, 6.07) is 12.6. The van der Waals surface area contributed by atoms with Gasteiger partial charge in [-0.1, -0.05) is 18.2 Å². The Kier molecular flexibility index (Phi) is 5.76. The van der Waals surface area contributed by atoms with Crippen LogP contribution in [0.1, 0.15) is 11.1 Å². The lowest BCUT2D eigenvalue weighted by atomic mass is 10.2. The molecule has 6 heteroatoms. The fourth-order valence-electron chi connectivity index (χ4n) is 1.70. The number of carbonyl (C=O) groups excluding carboxylic acids is 1. The highest BCUT2D eigenvalue weighted by molar-refractivity contribution is 14.1. The molecule has 2 rings (SSSR count). The molecule has 2 aromatic carbocycles. The van der Waals surface area contributed by atoms with Gasteiger partial charge in [0.05, 0.1) is 6.21 Å². The van der Waals surface area contributed by atoms with Gasteiger partial charge in [0.25, 0.3) is 5.91 Å². The van der Waals surface area contributed by atoms with Crippen molar-refractivity contribution < 1.29 is 14.6 Å². The van der Waals surface area contributed by atoms with Crippen molar-refractivity contribution in [2.75, 3.05) is 6.61 Å². The fraction of sp³-hybridized carbons (Fsp3) is 0.125. The first-order valence-corrected chi connectivity index (χ1v) is 7.63. The lowest BCUT2D eigenvalue weighted by Crippen LogP contribution is -2.24. The van der Waals surface area contributed by atoms with Crippen LogP contribution in [-0.4, -0.2) is 23.8 Å². The second-order valence-corrected chi connectivity index (χ2v) is 5.80. The highest BCUT2D eigenvalue weighted by atomic mass is 127. The van der Waals surface area contributed by atoms with Crippen molar-refractivity contribution in [3.8, 4) is 11.5 Å². The predicted octanol–water partition coefficient (Wildman–Crippen LogP) is 2.83. The van der Waals surface area contributed by atoms with Crippen LogP contribution in [0.4, 0.5) is 0 Å². The number of phenols is 1. The standard InChI is InChI=1S/C16H15IN2O3/c1-11-4-2-3-5-15(11)22-10-16(21)19-18-9-12-8-13(17)6-7-14(12)20/h2-9,20H,10H2,1H3,(H,19,21)/b18-9-. The van der Waals surface area contributed by atoms with Gasteiger partial charge >= 0.3 is 0 Å². The Morgan fingerprint density at radius 2 is 2.14 bits per heavy atom. The zero-order chi connectivity index (χ0) is 15.9. The molecule has 0 fully saturated rings. The third kappa shape index (κ3) is 4.73. The summed E-state index contributed by atoms with van der Waals surface area (Å²) in [6.45, 7) is 1.78. The summed E-state index contributed by atoms with van der Waals surface area (Å²) < 4.78 is 6.37. The molecule has 0 bridgehead atoms.